The topological polar surface area (TPSA) is 89.9 Å². The van der Waals surface area contributed by atoms with Crippen LogP contribution in [-0.4, -0.2) is 15.0 Å². The molecule has 0 radical (unpaired) electrons. The fraction of sp³-hybridized carbons (Fsp3) is 0. The van der Waals surface area contributed by atoms with Gasteiger partial charge in [0.2, 0.25) is 21.4 Å². The van der Waals surface area contributed by atoms with E-state index >= 15 is 13.7 Å². The van der Waals surface area contributed by atoms with E-state index in [2.05, 4.69) is 0 Å². The second kappa shape index (κ2) is 10.3. The summed E-state index contributed by atoms with van der Waals surface area (Å²) in [7, 11) is -11.1. The van der Waals surface area contributed by atoms with Crippen LogP contribution in [0, 0.1) is 0 Å². The van der Waals surface area contributed by atoms with Crippen LogP contribution in [-0.2, 0) is 13.7 Å². The Kier molecular flexibility index (Phi) is 6.52. The van der Waals surface area contributed by atoms with Crippen molar-refractivity contribution in [1.82, 2.24) is 15.0 Å². The van der Waals surface area contributed by atoms with E-state index in [1.807, 2.05) is 54.6 Å². The van der Waals surface area contributed by atoms with Crippen LogP contribution in [0.2, 0.25) is 0 Å². The van der Waals surface area contributed by atoms with Crippen molar-refractivity contribution in [2.75, 3.05) is 0 Å². The van der Waals surface area contributed by atoms with Gasteiger partial charge in [0.15, 0.2) is 0 Å². The van der Waals surface area contributed by atoms with Gasteiger partial charge in [0.1, 0.15) is 32.6 Å². The number of benzene rings is 3. The summed E-state index contributed by atoms with van der Waals surface area (Å²) < 4.78 is 46.3. The maximum Gasteiger partial charge on any atom is 0.206 e. The molecule has 0 saturated carbocycles. The summed E-state index contributed by atoms with van der Waals surface area (Å²) in [6.07, 6.45) is 0. The second-order valence-corrected chi connectivity index (χ2v) is 17.9. The van der Waals surface area contributed by atoms with Crippen LogP contribution in [0.5, 0.6) is 0 Å². The number of rotatable bonds is 3. The van der Waals surface area contributed by atoms with Gasteiger partial charge in [0, 0.05) is 15.9 Å². The van der Waals surface area contributed by atoms with E-state index in [4.69, 9.17) is 15.0 Å². The molecule has 0 spiro atoms. The Morgan fingerprint density at radius 3 is 0.714 bits per heavy atom. The standard InChI is InChI=1S/C33H24N3O3P3/c37-40(25-13-4-1-5-14-25)28-19-10-21-30(34-28)41(38,26-15-6-2-7-16-26)32-23-12-24-33(36-32)42(39,27-17-8-3-9-18-27)31-22-11-20-29(40)35-31/h1-24H. The monoisotopic (exact) mass is 603 g/mol. The Bertz CT molecular complexity index is 1780. The smallest absolute Gasteiger partial charge is 0.206 e. The van der Waals surface area contributed by atoms with Gasteiger partial charge in [-0.25, -0.2) is 15.0 Å². The molecule has 3 aromatic heterocycles. The van der Waals surface area contributed by atoms with Crippen molar-refractivity contribution in [3.63, 3.8) is 0 Å². The maximum atomic E-state index is 15.4. The van der Waals surface area contributed by atoms with Crippen molar-refractivity contribution in [3.05, 3.63) is 146 Å². The molecule has 1 aliphatic rings. The zero-order chi connectivity index (χ0) is 28.8. The minimum absolute atomic E-state index is 0.248. The SMILES string of the molecule is O=P1(c2ccccc2)c2cccc(n2)P(=O)(c2ccccc2)c2cccc(n2)P(=O)(c2ccccc2)c2cccc1n2. The van der Waals surface area contributed by atoms with Crippen LogP contribution in [0.3, 0.4) is 0 Å². The lowest BCUT2D eigenvalue weighted by Crippen LogP contribution is -2.40. The van der Waals surface area contributed by atoms with Gasteiger partial charge in [-0.05, 0) is 36.4 Å². The molecular weight excluding hydrogens is 579 g/mol. The highest BCUT2D eigenvalue weighted by Gasteiger charge is 2.41. The number of hydrogen-bond acceptors (Lipinski definition) is 6. The summed E-state index contributed by atoms with van der Waals surface area (Å²) in [4.78, 5) is 14.7. The van der Waals surface area contributed by atoms with E-state index in [0.29, 0.717) is 15.9 Å². The first-order chi connectivity index (χ1) is 20.4. The van der Waals surface area contributed by atoms with Gasteiger partial charge in [-0.1, -0.05) is 109 Å². The van der Waals surface area contributed by atoms with Crippen LogP contribution in [0.25, 0.3) is 0 Å². The molecule has 4 heterocycles. The molecule has 3 aromatic carbocycles. The van der Waals surface area contributed by atoms with Gasteiger partial charge in [-0.3, -0.25) is 0 Å². The van der Waals surface area contributed by atoms with Gasteiger partial charge < -0.3 is 13.7 Å². The highest BCUT2D eigenvalue weighted by Crippen LogP contribution is 2.46. The summed E-state index contributed by atoms with van der Waals surface area (Å²) in [5.74, 6) is 0. The number of fused-ring (bicyclic) bond motifs is 6. The van der Waals surface area contributed by atoms with Crippen molar-refractivity contribution in [1.29, 1.82) is 0 Å². The summed E-state index contributed by atoms with van der Waals surface area (Å²) in [6.45, 7) is 0. The Balaban J connectivity index is 1.66. The number of pyridine rings is 3. The first-order valence-corrected chi connectivity index (χ1v) is 18.5. The van der Waals surface area contributed by atoms with E-state index in [9.17, 15) is 0 Å². The van der Waals surface area contributed by atoms with Crippen LogP contribution in [0.15, 0.2) is 146 Å². The molecule has 9 heteroatoms. The minimum Gasteiger partial charge on any atom is -0.305 e. The van der Waals surface area contributed by atoms with Crippen molar-refractivity contribution in [2.24, 2.45) is 0 Å². The first kappa shape index (κ1) is 26.7. The lowest BCUT2D eigenvalue weighted by atomic mass is 10.4. The van der Waals surface area contributed by atoms with Crippen molar-refractivity contribution < 1.29 is 13.7 Å². The summed E-state index contributed by atoms with van der Waals surface area (Å²) in [6, 6.07) is 42.5. The predicted octanol–water partition coefficient (Wildman–Crippen LogP) is 3.10. The maximum absolute atomic E-state index is 15.4. The highest BCUT2D eigenvalue weighted by atomic mass is 31.2. The van der Waals surface area contributed by atoms with Crippen molar-refractivity contribution in [3.8, 4) is 0 Å². The second-order valence-electron chi connectivity index (χ2n) is 9.90. The summed E-state index contributed by atoms with van der Waals surface area (Å²) >= 11 is 0. The van der Waals surface area contributed by atoms with Gasteiger partial charge in [0.05, 0.1) is 0 Å². The molecule has 6 bridgehead atoms. The minimum atomic E-state index is -3.71. The molecule has 6 nitrogen and oxygen atoms in total. The van der Waals surface area contributed by atoms with Crippen LogP contribution >= 0.6 is 21.4 Å². The quantitative estimate of drug-likeness (QED) is 0.289. The normalized spacial score (nSPS) is 22.9. The third-order valence-corrected chi connectivity index (χ3v) is 15.9. The van der Waals surface area contributed by atoms with Gasteiger partial charge >= 0.3 is 0 Å². The molecule has 0 aliphatic carbocycles. The third kappa shape index (κ3) is 4.02. The molecule has 0 fully saturated rings. The van der Waals surface area contributed by atoms with Gasteiger partial charge in [-0.2, -0.15) is 0 Å². The largest absolute Gasteiger partial charge is 0.305 e. The zero-order valence-electron chi connectivity index (χ0n) is 22.3. The first-order valence-electron chi connectivity index (χ1n) is 13.4. The molecule has 204 valence electrons. The molecule has 42 heavy (non-hydrogen) atoms. The van der Waals surface area contributed by atoms with Gasteiger partial charge in [-0.15, -0.1) is 0 Å². The predicted molar refractivity (Wildman–Crippen MR) is 172 cm³/mol. The van der Waals surface area contributed by atoms with Crippen LogP contribution in [0.4, 0.5) is 0 Å². The van der Waals surface area contributed by atoms with E-state index < -0.39 is 21.4 Å². The fourth-order valence-corrected chi connectivity index (χ4v) is 12.9. The van der Waals surface area contributed by atoms with Crippen molar-refractivity contribution in [2.45, 2.75) is 0 Å². The Hall–Kier alpha value is -4.20. The molecule has 6 aromatic rings. The summed E-state index contributed by atoms with van der Waals surface area (Å²) in [5.41, 5.74) is 1.49. The lowest BCUT2D eigenvalue weighted by molar-refractivity contribution is 0.591. The Labute approximate surface area is 243 Å². The molecule has 0 unspecified atom stereocenters. The molecule has 7 rings (SSSR count). The van der Waals surface area contributed by atoms with Gasteiger partial charge in [0.25, 0.3) is 0 Å². The number of nitrogens with zero attached hydrogens (tertiary/aromatic N) is 3. The molecule has 1 aliphatic heterocycles. The zero-order valence-corrected chi connectivity index (χ0v) is 24.9. The van der Waals surface area contributed by atoms with Crippen molar-refractivity contribution >= 4 is 69.9 Å². The Morgan fingerprint density at radius 1 is 0.286 bits per heavy atom. The van der Waals surface area contributed by atoms with E-state index in [0.717, 1.165) is 0 Å². The molecule has 0 amide bonds. The summed E-state index contributed by atoms with van der Waals surface area (Å²) in [5, 5.41) is 1.58. The highest BCUT2D eigenvalue weighted by molar-refractivity contribution is 7.87. The Morgan fingerprint density at radius 2 is 0.500 bits per heavy atom. The van der Waals surface area contributed by atoms with Crippen LogP contribution in [0.1, 0.15) is 0 Å². The number of aromatic nitrogens is 3. The van der Waals surface area contributed by atoms with E-state index in [-0.39, 0.29) is 32.6 Å². The third-order valence-electron chi connectivity index (χ3n) is 7.45. The fourth-order valence-electron chi connectivity index (χ4n) is 5.35. The number of hydrogen-bond donors (Lipinski definition) is 0. The van der Waals surface area contributed by atoms with E-state index in [1.165, 1.54) is 0 Å². The molecule has 0 atom stereocenters. The average molecular weight is 603 g/mol. The molecule has 0 N–H and O–H groups in total. The van der Waals surface area contributed by atoms with Crippen LogP contribution < -0.4 is 48.5 Å². The average Bonchev–Trinajstić information content (AvgIpc) is 3.08. The van der Waals surface area contributed by atoms with E-state index in [1.54, 1.807) is 91.0 Å². The molecule has 0 saturated heterocycles. The lowest BCUT2D eigenvalue weighted by Gasteiger charge is -2.25. The molecular formula is C33H24N3O3P3.